The van der Waals surface area contributed by atoms with Crippen molar-refractivity contribution in [3.05, 3.63) is 60.3 Å². The summed E-state index contributed by atoms with van der Waals surface area (Å²) in [6.45, 7) is 11.6. The number of hydrogen-bond donors (Lipinski definition) is 0. The van der Waals surface area contributed by atoms with Gasteiger partial charge < -0.3 is 19.1 Å². The summed E-state index contributed by atoms with van der Waals surface area (Å²) in [6.07, 6.45) is 6.32. The van der Waals surface area contributed by atoms with Gasteiger partial charge in [-0.15, -0.1) is 11.3 Å². The number of Topliss-reactive ketones (excluding diaryl/α,β-unsaturated/α-hetero) is 1. The van der Waals surface area contributed by atoms with Crippen LogP contribution in [0.15, 0.2) is 38.6 Å². The van der Waals surface area contributed by atoms with Crippen LogP contribution in [0.4, 0.5) is 4.79 Å². The van der Waals surface area contributed by atoms with E-state index in [0.717, 1.165) is 73.5 Å². The van der Waals surface area contributed by atoms with Crippen LogP contribution < -0.4 is 9.47 Å². The smallest absolute Gasteiger partial charge is 0.410 e. The number of carbonyl (C=O) groups excluding carboxylic acids is 2. The minimum Gasteiger partial charge on any atom is -0.495 e. The number of thiazole rings is 1. The third kappa shape index (κ3) is 8.49. The number of carbonyl (C=O) groups is 2. The number of amides is 1. The Balaban J connectivity index is 0.000000224. The lowest BCUT2D eigenvalue weighted by atomic mass is 9.94. The fourth-order valence-electron chi connectivity index (χ4n) is 6.04. The third-order valence-corrected chi connectivity index (χ3v) is 12.2. The maximum absolute atomic E-state index is 12.3. The van der Waals surface area contributed by atoms with Gasteiger partial charge in [-0.2, -0.15) is 0 Å². The maximum atomic E-state index is 12.3. The molecule has 0 radical (unpaired) electrons. The summed E-state index contributed by atoms with van der Waals surface area (Å²) < 4.78 is 18.5. The zero-order chi connectivity index (χ0) is 35.0. The topological polar surface area (TPSA) is 78.0 Å². The number of alkyl halides is 1. The first-order valence-electron chi connectivity index (χ1n) is 16.4. The van der Waals surface area contributed by atoms with Gasteiger partial charge >= 0.3 is 6.09 Å². The average Bonchev–Trinajstić information content (AvgIpc) is 3.93. The first-order valence-corrected chi connectivity index (χ1v) is 20.0. The Morgan fingerprint density at radius 2 is 1.46 bits per heavy atom. The van der Waals surface area contributed by atoms with Crippen molar-refractivity contribution < 1.29 is 23.8 Å². The zero-order valence-electron chi connectivity index (χ0n) is 28.8. The van der Waals surface area contributed by atoms with Gasteiger partial charge in [0.25, 0.3) is 0 Å². The van der Waals surface area contributed by atoms with Crippen LogP contribution in [0.25, 0.3) is 11.3 Å². The number of ketones is 1. The van der Waals surface area contributed by atoms with Gasteiger partial charge in [0.05, 0.1) is 39.2 Å². The second kappa shape index (κ2) is 14.7. The van der Waals surface area contributed by atoms with Crippen molar-refractivity contribution in [2.24, 2.45) is 0 Å². The molecule has 2 saturated carbocycles. The fourth-order valence-corrected chi connectivity index (χ4v) is 8.61. The number of ether oxygens (including phenoxy) is 3. The monoisotopic (exact) mass is 866 g/mol. The Morgan fingerprint density at radius 3 is 1.96 bits per heavy atom. The fraction of sp³-hybridized carbons (Fsp3) is 0.541. The SMILES string of the molecule is COc1c(Br)cc(-c2csc(C3CCN(C(=O)OC(C)(C)C)CC3)n2)cc1C1(C)CC1.COc1c(Br)cc(C(=O)CBr)cc1C1(C)CC1. The lowest BCUT2D eigenvalue weighted by Crippen LogP contribution is -2.41. The highest BCUT2D eigenvalue weighted by Crippen LogP contribution is 2.54. The Hall–Kier alpha value is -1.95. The van der Waals surface area contributed by atoms with Gasteiger partial charge in [0.2, 0.25) is 0 Å². The minimum atomic E-state index is -0.457. The van der Waals surface area contributed by atoms with Crippen LogP contribution in [0.3, 0.4) is 0 Å². The van der Waals surface area contributed by atoms with Gasteiger partial charge in [-0.1, -0.05) is 29.8 Å². The lowest BCUT2D eigenvalue weighted by Gasteiger charge is -2.32. The van der Waals surface area contributed by atoms with Crippen LogP contribution in [0.5, 0.6) is 11.5 Å². The molecule has 2 aromatic carbocycles. The van der Waals surface area contributed by atoms with Gasteiger partial charge in [0.1, 0.15) is 17.1 Å². The molecular weight excluding hydrogens is 824 g/mol. The van der Waals surface area contributed by atoms with E-state index in [1.807, 2.05) is 37.8 Å². The summed E-state index contributed by atoms with van der Waals surface area (Å²) in [5.74, 6) is 2.28. The quantitative estimate of drug-likeness (QED) is 0.166. The van der Waals surface area contributed by atoms with E-state index in [1.165, 1.54) is 18.4 Å². The van der Waals surface area contributed by atoms with Crippen molar-refractivity contribution in [1.82, 2.24) is 9.88 Å². The molecule has 7 nitrogen and oxygen atoms in total. The predicted octanol–water partition coefficient (Wildman–Crippen LogP) is 10.8. The van der Waals surface area contributed by atoms with Crippen LogP contribution in [0.1, 0.15) is 106 Å². The van der Waals surface area contributed by atoms with Crippen molar-refractivity contribution in [3.8, 4) is 22.8 Å². The number of hydrogen-bond acceptors (Lipinski definition) is 7. The Kier molecular flexibility index (Phi) is 11.4. The number of benzene rings is 2. The molecule has 1 aliphatic heterocycles. The number of methoxy groups -OCH3 is 2. The molecule has 3 fully saturated rings. The number of likely N-dealkylation sites (tertiary alicyclic amines) is 1. The summed E-state index contributed by atoms with van der Waals surface area (Å²) in [6, 6.07) is 8.16. The number of piperidine rings is 1. The number of rotatable bonds is 8. The van der Waals surface area contributed by atoms with Crippen molar-refractivity contribution in [2.45, 2.75) is 95.5 Å². The van der Waals surface area contributed by atoms with Crippen molar-refractivity contribution in [3.63, 3.8) is 0 Å². The van der Waals surface area contributed by atoms with Crippen molar-refractivity contribution in [2.75, 3.05) is 32.6 Å². The largest absolute Gasteiger partial charge is 0.495 e. The molecule has 3 aromatic rings. The van der Waals surface area contributed by atoms with Gasteiger partial charge in [0, 0.05) is 46.6 Å². The van der Waals surface area contributed by atoms with E-state index in [4.69, 9.17) is 19.2 Å². The number of nitrogens with zero attached hydrogens (tertiary/aromatic N) is 2. The van der Waals surface area contributed by atoms with E-state index in [1.54, 1.807) is 25.6 Å². The molecule has 0 N–H and O–H groups in total. The zero-order valence-corrected chi connectivity index (χ0v) is 34.4. The van der Waals surface area contributed by atoms with Gasteiger partial charge in [0.15, 0.2) is 5.78 Å². The molecule has 2 heterocycles. The summed E-state index contributed by atoms with van der Waals surface area (Å²) in [5, 5.41) is 3.66. The molecule has 1 amide bonds. The average molecular weight is 870 g/mol. The second-order valence-electron chi connectivity index (χ2n) is 14.6. The molecule has 48 heavy (non-hydrogen) atoms. The Labute approximate surface area is 313 Å². The van der Waals surface area contributed by atoms with E-state index in [2.05, 4.69) is 79.2 Å². The summed E-state index contributed by atoms with van der Waals surface area (Å²) in [7, 11) is 3.40. The molecule has 1 saturated heterocycles. The molecular formula is C37H45Br3N2O5S. The van der Waals surface area contributed by atoms with Gasteiger partial charge in [-0.25, -0.2) is 9.78 Å². The molecule has 0 atom stereocenters. The van der Waals surface area contributed by atoms with Crippen LogP contribution in [0.2, 0.25) is 0 Å². The second-order valence-corrected chi connectivity index (χ2v) is 17.7. The molecule has 2 aliphatic carbocycles. The number of aromatic nitrogens is 1. The van der Waals surface area contributed by atoms with Crippen LogP contribution in [0, 0.1) is 0 Å². The van der Waals surface area contributed by atoms with E-state index >= 15 is 0 Å². The van der Waals surface area contributed by atoms with E-state index in [9.17, 15) is 9.59 Å². The minimum absolute atomic E-state index is 0.0962. The van der Waals surface area contributed by atoms with Crippen LogP contribution in [-0.2, 0) is 15.6 Å². The Bertz CT molecular complexity index is 1670. The van der Waals surface area contributed by atoms with Crippen LogP contribution >= 0.6 is 59.1 Å². The van der Waals surface area contributed by atoms with Crippen molar-refractivity contribution >= 4 is 71.0 Å². The first kappa shape index (κ1) is 37.3. The lowest BCUT2D eigenvalue weighted by molar-refractivity contribution is 0.0204. The summed E-state index contributed by atoms with van der Waals surface area (Å²) >= 11 is 12.1. The molecule has 0 unspecified atom stereocenters. The number of halogens is 3. The predicted molar refractivity (Wildman–Crippen MR) is 204 cm³/mol. The summed E-state index contributed by atoms with van der Waals surface area (Å²) in [4.78, 5) is 30.9. The highest BCUT2D eigenvalue weighted by atomic mass is 79.9. The standard InChI is InChI=1S/C24H31BrN2O3S.C13H14Br2O2/c1-23(2,3)30-22(28)27-10-6-15(7-11-27)21-26-19(14-31-21)16-12-17(24(4)8-9-24)20(29-5)18(25)13-16;1-13(3-4-13)9-5-8(11(16)7-14)6-10(15)12(9)17-2/h12-15H,6-11H2,1-5H3;5-6H,3-4,7H2,1-2H3. The molecule has 0 spiro atoms. The Morgan fingerprint density at radius 1 is 0.917 bits per heavy atom. The van der Waals surface area contributed by atoms with Gasteiger partial charge in [-0.05, 0) is 126 Å². The molecule has 260 valence electrons. The van der Waals surface area contributed by atoms with E-state index in [0.29, 0.717) is 24.3 Å². The van der Waals surface area contributed by atoms with Crippen molar-refractivity contribution in [1.29, 1.82) is 0 Å². The highest BCUT2D eigenvalue weighted by molar-refractivity contribution is 9.11. The highest BCUT2D eigenvalue weighted by Gasteiger charge is 2.43. The molecule has 1 aromatic heterocycles. The van der Waals surface area contributed by atoms with E-state index in [-0.39, 0.29) is 22.7 Å². The van der Waals surface area contributed by atoms with Gasteiger partial charge in [-0.3, -0.25) is 4.79 Å². The normalized spacial score (nSPS) is 18.0. The summed E-state index contributed by atoms with van der Waals surface area (Å²) in [5.41, 5.74) is 5.21. The molecule has 11 heteroatoms. The molecule has 6 rings (SSSR count). The van der Waals surface area contributed by atoms with Crippen LogP contribution in [-0.4, -0.2) is 60.0 Å². The first-order chi connectivity index (χ1) is 22.6. The van der Waals surface area contributed by atoms with E-state index < -0.39 is 5.60 Å². The maximum Gasteiger partial charge on any atom is 0.410 e. The third-order valence-electron chi connectivity index (χ3n) is 9.55. The molecule has 3 aliphatic rings. The molecule has 0 bridgehead atoms.